The maximum atomic E-state index is 9.30. The van der Waals surface area contributed by atoms with Crippen molar-refractivity contribution in [3.8, 4) is 0 Å². The summed E-state index contributed by atoms with van der Waals surface area (Å²) in [5.74, 6) is 4.32. The van der Waals surface area contributed by atoms with Crippen LogP contribution in [0, 0.1) is 0 Å². The van der Waals surface area contributed by atoms with E-state index in [2.05, 4.69) is 36.4 Å². The van der Waals surface area contributed by atoms with Gasteiger partial charge < -0.3 is 10.2 Å². The first-order valence-electron chi connectivity index (χ1n) is 9.29. The van der Waals surface area contributed by atoms with E-state index in [9.17, 15) is 10.2 Å². The van der Waals surface area contributed by atoms with E-state index in [0.717, 1.165) is 23.0 Å². The maximum absolute atomic E-state index is 9.30. The van der Waals surface area contributed by atoms with Gasteiger partial charge in [0.1, 0.15) is 0 Å². The van der Waals surface area contributed by atoms with Gasteiger partial charge in [-0.2, -0.15) is 0 Å². The number of thioether (sulfide) groups is 6. The molecule has 2 aliphatic heterocycles. The summed E-state index contributed by atoms with van der Waals surface area (Å²) in [6.45, 7) is 0.599. The molecule has 2 aromatic rings. The molecule has 2 saturated heterocycles. The Balaban J connectivity index is 1.34. The fourth-order valence-electron chi connectivity index (χ4n) is 3.09. The van der Waals surface area contributed by atoms with Crippen molar-refractivity contribution in [3.05, 3.63) is 36.4 Å². The molecule has 8 heteroatoms. The number of aliphatic hydroxyl groups excluding tert-OH is 2. The zero-order valence-corrected chi connectivity index (χ0v) is 20.3. The molecule has 152 valence electrons. The molecule has 2 fully saturated rings. The van der Waals surface area contributed by atoms with Crippen LogP contribution < -0.4 is 0 Å². The minimum Gasteiger partial charge on any atom is -0.395 e. The minimum atomic E-state index is 0.299. The summed E-state index contributed by atoms with van der Waals surface area (Å²) in [5.41, 5.74) is 0. The highest BCUT2D eigenvalue weighted by Crippen LogP contribution is 2.42. The highest BCUT2D eigenvalue weighted by atomic mass is 32.2. The predicted molar refractivity (Wildman–Crippen MR) is 135 cm³/mol. The molecule has 0 radical (unpaired) electrons. The summed E-state index contributed by atoms with van der Waals surface area (Å²) < 4.78 is 1.17. The number of fused-ring (bicyclic) bond motifs is 1. The predicted octanol–water partition coefficient (Wildman–Crippen LogP) is 5.36. The Morgan fingerprint density at radius 3 is 1.68 bits per heavy atom. The van der Waals surface area contributed by atoms with Crippen LogP contribution in [0.1, 0.15) is 0 Å². The fourth-order valence-corrected chi connectivity index (χ4v) is 12.0. The van der Waals surface area contributed by atoms with Crippen LogP contribution in [0.25, 0.3) is 10.8 Å². The molecule has 4 atom stereocenters. The topological polar surface area (TPSA) is 40.5 Å². The second-order valence-corrected chi connectivity index (χ2v) is 15.0. The van der Waals surface area contributed by atoms with Crippen LogP contribution in [0.5, 0.6) is 0 Å². The Kier molecular flexibility index (Phi) is 8.49. The summed E-state index contributed by atoms with van der Waals surface area (Å²) in [4.78, 5) is 2.66. The van der Waals surface area contributed by atoms with Crippen LogP contribution in [-0.4, -0.2) is 66.1 Å². The Labute approximate surface area is 192 Å². The van der Waals surface area contributed by atoms with E-state index in [4.69, 9.17) is 0 Å². The van der Waals surface area contributed by atoms with Gasteiger partial charge >= 0.3 is 0 Å². The Hall–Kier alpha value is 0.720. The standard InChI is InChI=1S/C20H24O2S6/c21-7-17-9-25-19(27-17)11-23-15-3-1-13-2-4-16(6-14(13)5-15)24-12-20-26-10-18(8-22)28-20/h1-6,17-22H,7-12H2. The van der Waals surface area contributed by atoms with Crippen LogP contribution in [-0.2, 0) is 0 Å². The van der Waals surface area contributed by atoms with Gasteiger partial charge in [0, 0.05) is 43.3 Å². The molecule has 0 amide bonds. The first-order valence-corrected chi connectivity index (χ1v) is 15.2. The van der Waals surface area contributed by atoms with Gasteiger partial charge in [-0.05, 0) is 35.0 Å². The smallest absolute Gasteiger partial charge is 0.0600 e. The second kappa shape index (κ2) is 10.8. The average Bonchev–Trinajstić information content (AvgIpc) is 3.39. The van der Waals surface area contributed by atoms with Crippen molar-refractivity contribution in [1.29, 1.82) is 0 Å². The third kappa shape index (κ3) is 5.90. The van der Waals surface area contributed by atoms with Crippen molar-refractivity contribution in [3.63, 3.8) is 0 Å². The number of benzene rings is 2. The summed E-state index contributed by atoms with van der Waals surface area (Å²) >= 11 is 11.7. The van der Waals surface area contributed by atoms with Crippen molar-refractivity contribution in [1.82, 2.24) is 0 Å². The van der Waals surface area contributed by atoms with E-state index < -0.39 is 0 Å². The third-order valence-corrected chi connectivity index (χ3v) is 14.1. The highest BCUT2D eigenvalue weighted by Gasteiger charge is 2.26. The average molecular weight is 489 g/mol. The number of hydrogen-bond donors (Lipinski definition) is 2. The largest absolute Gasteiger partial charge is 0.395 e. The molecule has 0 aromatic heterocycles. The van der Waals surface area contributed by atoms with Gasteiger partial charge in [0.2, 0.25) is 0 Å². The van der Waals surface area contributed by atoms with Crippen LogP contribution in [0.15, 0.2) is 46.2 Å². The van der Waals surface area contributed by atoms with E-state index in [-0.39, 0.29) is 0 Å². The van der Waals surface area contributed by atoms with Crippen molar-refractivity contribution in [2.24, 2.45) is 0 Å². The monoisotopic (exact) mass is 488 g/mol. The van der Waals surface area contributed by atoms with Crippen molar-refractivity contribution in [2.75, 3.05) is 36.2 Å². The summed E-state index contributed by atoms with van der Waals surface area (Å²) in [7, 11) is 0. The van der Waals surface area contributed by atoms with E-state index >= 15 is 0 Å². The van der Waals surface area contributed by atoms with Crippen LogP contribution in [0.2, 0.25) is 0 Å². The molecule has 0 aliphatic carbocycles. The molecule has 0 saturated carbocycles. The molecule has 0 spiro atoms. The second-order valence-electron chi connectivity index (χ2n) is 6.70. The lowest BCUT2D eigenvalue weighted by atomic mass is 10.1. The number of aliphatic hydroxyl groups is 2. The quantitative estimate of drug-likeness (QED) is 0.482. The Morgan fingerprint density at radius 1 is 0.750 bits per heavy atom. The van der Waals surface area contributed by atoms with Gasteiger partial charge in [-0.15, -0.1) is 70.6 Å². The van der Waals surface area contributed by atoms with Gasteiger partial charge in [0.05, 0.1) is 22.4 Å². The summed E-state index contributed by atoms with van der Waals surface area (Å²) in [6, 6.07) is 13.6. The van der Waals surface area contributed by atoms with E-state index in [1.165, 1.54) is 20.6 Å². The fraction of sp³-hybridized carbons (Fsp3) is 0.500. The third-order valence-electron chi connectivity index (χ3n) is 4.59. The molecule has 4 rings (SSSR count). The maximum Gasteiger partial charge on any atom is 0.0600 e. The molecular formula is C20H24O2S6. The number of rotatable bonds is 8. The lowest BCUT2D eigenvalue weighted by molar-refractivity contribution is 0.301. The molecule has 2 aromatic carbocycles. The van der Waals surface area contributed by atoms with Crippen LogP contribution >= 0.6 is 70.6 Å². The molecule has 2 N–H and O–H groups in total. The van der Waals surface area contributed by atoms with Crippen LogP contribution in [0.3, 0.4) is 0 Å². The number of hydrogen-bond acceptors (Lipinski definition) is 8. The first-order chi connectivity index (χ1) is 13.7. The lowest BCUT2D eigenvalue weighted by Gasteiger charge is -2.11. The van der Waals surface area contributed by atoms with E-state index in [1.54, 1.807) is 0 Å². The Bertz CT molecular complexity index is 728. The molecule has 4 unspecified atom stereocenters. The summed E-state index contributed by atoms with van der Waals surface area (Å²) in [6.07, 6.45) is 0. The highest BCUT2D eigenvalue weighted by molar-refractivity contribution is 8.22. The Morgan fingerprint density at radius 2 is 1.25 bits per heavy atom. The molecule has 2 aliphatic rings. The zero-order chi connectivity index (χ0) is 19.3. The minimum absolute atomic E-state index is 0.299. The molecule has 2 heterocycles. The molecule has 2 nitrogen and oxygen atoms in total. The summed E-state index contributed by atoms with van der Waals surface area (Å²) in [5, 5.41) is 22.0. The van der Waals surface area contributed by atoms with Gasteiger partial charge in [-0.1, -0.05) is 12.1 Å². The van der Waals surface area contributed by atoms with Gasteiger partial charge in [-0.3, -0.25) is 0 Å². The SMILES string of the molecule is OCC1CSC(CSc2ccc3ccc(SCC4SCC(CO)S4)cc3c2)S1. The van der Waals surface area contributed by atoms with Crippen molar-refractivity contribution < 1.29 is 10.2 Å². The van der Waals surface area contributed by atoms with E-state index in [0.29, 0.717) is 32.9 Å². The van der Waals surface area contributed by atoms with Crippen molar-refractivity contribution in [2.45, 2.75) is 29.5 Å². The lowest BCUT2D eigenvalue weighted by Crippen LogP contribution is -2.06. The van der Waals surface area contributed by atoms with Gasteiger partial charge in [-0.25, -0.2) is 0 Å². The molecule has 28 heavy (non-hydrogen) atoms. The van der Waals surface area contributed by atoms with Gasteiger partial charge in [0.25, 0.3) is 0 Å². The molecular weight excluding hydrogens is 465 g/mol. The van der Waals surface area contributed by atoms with Crippen molar-refractivity contribution >= 4 is 81.3 Å². The zero-order valence-electron chi connectivity index (χ0n) is 15.4. The first kappa shape index (κ1) is 21.9. The normalized spacial score (nSPS) is 27.6. The van der Waals surface area contributed by atoms with Crippen LogP contribution in [0.4, 0.5) is 0 Å². The van der Waals surface area contributed by atoms with Gasteiger partial charge in [0.15, 0.2) is 0 Å². The molecule has 0 bridgehead atoms. The van der Waals surface area contributed by atoms with E-state index in [1.807, 2.05) is 70.6 Å².